The fourth-order valence-corrected chi connectivity index (χ4v) is 4.23. The number of carbonyl (C=O) groups is 1. The predicted octanol–water partition coefficient (Wildman–Crippen LogP) is 3.92. The minimum absolute atomic E-state index is 0.0472. The van der Waals surface area contributed by atoms with Crippen LogP contribution in [0.4, 0.5) is 0 Å². The van der Waals surface area contributed by atoms with Gasteiger partial charge in [0.2, 0.25) is 0 Å². The Bertz CT molecular complexity index is 995. The highest BCUT2D eigenvalue weighted by Crippen LogP contribution is 2.22. The number of pyridine rings is 1. The average molecular weight is 401 g/mol. The van der Waals surface area contributed by atoms with Gasteiger partial charge in [0.15, 0.2) is 0 Å². The summed E-state index contributed by atoms with van der Waals surface area (Å²) in [7, 11) is 0. The highest BCUT2D eigenvalue weighted by Gasteiger charge is 2.24. The average Bonchev–Trinajstić information content (AvgIpc) is 3.06. The van der Waals surface area contributed by atoms with Crippen LogP contribution in [0.5, 0.6) is 0 Å². The van der Waals surface area contributed by atoms with E-state index in [1.165, 1.54) is 0 Å². The van der Waals surface area contributed by atoms with E-state index in [9.17, 15) is 4.79 Å². The highest BCUT2D eigenvalue weighted by atomic mass is 35.5. The minimum atomic E-state index is 0.0472. The molecule has 0 bridgehead atoms. The molecule has 0 N–H and O–H groups in total. The van der Waals surface area contributed by atoms with Gasteiger partial charge in [0, 0.05) is 48.5 Å². The maximum Gasteiger partial charge on any atom is 0.255 e. The molecule has 0 spiro atoms. The normalized spacial score (nSPS) is 15.4. The summed E-state index contributed by atoms with van der Waals surface area (Å²) in [5.41, 5.74) is 3.39. The van der Waals surface area contributed by atoms with Gasteiger partial charge in [-0.05, 0) is 38.1 Å². The van der Waals surface area contributed by atoms with Gasteiger partial charge in [0.25, 0.3) is 5.91 Å². The molecule has 0 atom stereocenters. The molecule has 27 heavy (non-hydrogen) atoms. The van der Waals surface area contributed by atoms with Crippen LogP contribution in [0, 0.1) is 13.8 Å². The molecule has 1 aromatic carbocycles. The van der Waals surface area contributed by atoms with Crippen LogP contribution in [0.25, 0.3) is 10.9 Å². The quantitative estimate of drug-likeness (QED) is 0.668. The van der Waals surface area contributed by atoms with Crippen molar-refractivity contribution in [3.05, 3.63) is 56.6 Å². The number of thiazole rings is 1. The maximum atomic E-state index is 13.0. The lowest BCUT2D eigenvalue weighted by atomic mass is 10.1. The van der Waals surface area contributed by atoms with E-state index in [1.807, 2.05) is 43.0 Å². The van der Waals surface area contributed by atoms with Crippen LogP contribution in [0.15, 0.2) is 29.6 Å². The molecule has 3 heterocycles. The molecule has 2 aromatic heterocycles. The van der Waals surface area contributed by atoms with E-state index < -0.39 is 0 Å². The van der Waals surface area contributed by atoms with Crippen molar-refractivity contribution in [2.24, 2.45) is 0 Å². The number of carbonyl (C=O) groups excluding carboxylic acids is 1. The lowest BCUT2D eigenvalue weighted by Crippen LogP contribution is -2.48. The fraction of sp³-hybridized carbons (Fsp3) is 0.350. The lowest BCUT2D eigenvalue weighted by molar-refractivity contribution is 0.0626. The number of fused-ring (bicyclic) bond motifs is 1. The van der Waals surface area contributed by atoms with Crippen molar-refractivity contribution in [2.45, 2.75) is 20.4 Å². The largest absolute Gasteiger partial charge is 0.336 e. The number of halogens is 1. The molecule has 7 heteroatoms. The number of hydrogen-bond donors (Lipinski definition) is 0. The van der Waals surface area contributed by atoms with Crippen molar-refractivity contribution < 1.29 is 4.79 Å². The monoisotopic (exact) mass is 400 g/mol. The van der Waals surface area contributed by atoms with Crippen LogP contribution >= 0.6 is 22.9 Å². The number of hydrogen-bond acceptors (Lipinski definition) is 5. The van der Waals surface area contributed by atoms with E-state index in [-0.39, 0.29) is 5.91 Å². The van der Waals surface area contributed by atoms with Crippen molar-refractivity contribution in [3.8, 4) is 0 Å². The first kappa shape index (κ1) is 18.3. The molecule has 0 unspecified atom stereocenters. The summed E-state index contributed by atoms with van der Waals surface area (Å²) in [5, 5.41) is 4.76. The molecular formula is C20H21ClN4OS. The van der Waals surface area contributed by atoms with Crippen LogP contribution in [-0.2, 0) is 6.54 Å². The first-order chi connectivity index (χ1) is 13.0. The smallest absolute Gasteiger partial charge is 0.255 e. The molecule has 0 saturated carbocycles. The molecule has 1 aliphatic rings. The van der Waals surface area contributed by atoms with Crippen LogP contribution in [-0.4, -0.2) is 51.9 Å². The number of benzene rings is 1. The van der Waals surface area contributed by atoms with Crippen LogP contribution in [0.1, 0.15) is 26.8 Å². The summed E-state index contributed by atoms with van der Waals surface area (Å²) in [4.78, 5) is 26.4. The molecule has 0 aliphatic carbocycles. The van der Waals surface area contributed by atoms with Crippen molar-refractivity contribution >= 4 is 39.7 Å². The zero-order valence-electron chi connectivity index (χ0n) is 15.4. The van der Waals surface area contributed by atoms with Gasteiger partial charge in [0.05, 0.1) is 27.5 Å². The topological polar surface area (TPSA) is 49.3 Å². The molecule has 3 aromatic rings. The summed E-state index contributed by atoms with van der Waals surface area (Å²) in [5.74, 6) is 0.0472. The Morgan fingerprint density at radius 2 is 1.93 bits per heavy atom. The van der Waals surface area contributed by atoms with Crippen molar-refractivity contribution in [1.82, 2.24) is 19.8 Å². The standard InChI is InChI=1S/C20H21ClN4OS/c1-13-18(10-15-9-16(21)3-4-19(15)22-13)20(26)25-7-5-24(6-8-25)11-17-12-27-14(2)23-17/h3-4,9-10,12H,5-8,11H2,1-2H3. The number of aromatic nitrogens is 2. The van der Waals surface area contributed by atoms with Gasteiger partial charge in [-0.15, -0.1) is 11.3 Å². The molecule has 0 radical (unpaired) electrons. The van der Waals surface area contributed by atoms with Gasteiger partial charge in [0.1, 0.15) is 0 Å². The van der Waals surface area contributed by atoms with Crippen LogP contribution in [0.3, 0.4) is 0 Å². The first-order valence-corrected chi connectivity index (χ1v) is 10.2. The van der Waals surface area contributed by atoms with Gasteiger partial charge in [-0.25, -0.2) is 4.98 Å². The summed E-state index contributed by atoms with van der Waals surface area (Å²) >= 11 is 7.77. The Labute approximate surface area is 167 Å². The number of piperazine rings is 1. The number of nitrogens with zero attached hydrogens (tertiary/aromatic N) is 4. The molecule has 1 saturated heterocycles. The van der Waals surface area contributed by atoms with E-state index in [4.69, 9.17) is 11.6 Å². The van der Waals surface area contributed by atoms with E-state index in [1.54, 1.807) is 11.3 Å². The van der Waals surface area contributed by atoms with E-state index in [2.05, 4.69) is 20.2 Å². The summed E-state index contributed by atoms with van der Waals surface area (Å²) in [6.07, 6.45) is 0. The van der Waals surface area contributed by atoms with Crippen molar-refractivity contribution in [1.29, 1.82) is 0 Å². The minimum Gasteiger partial charge on any atom is -0.336 e. The Morgan fingerprint density at radius 3 is 2.63 bits per heavy atom. The summed E-state index contributed by atoms with van der Waals surface area (Å²) in [6.45, 7) is 7.91. The lowest BCUT2D eigenvalue weighted by Gasteiger charge is -2.34. The second-order valence-electron chi connectivity index (χ2n) is 6.88. The summed E-state index contributed by atoms with van der Waals surface area (Å²) < 4.78 is 0. The molecule has 1 fully saturated rings. The summed E-state index contributed by atoms with van der Waals surface area (Å²) in [6, 6.07) is 7.48. The van der Waals surface area contributed by atoms with Gasteiger partial charge < -0.3 is 4.90 Å². The Hall–Kier alpha value is -2.02. The molecule has 5 nitrogen and oxygen atoms in total. The molecule has 1 amide bonds. The Balaban J connectivity index is 1.46. The van der Waals surface area contributed by atoms with Crippen molar-refractivity contribution in [3.63, 3.8) is 0 Å². The van der Waals surface area contributed by atoms with E-state index in [0.717, 1.165) is 60.0 Å². The van der Waals surface area contributed by atoms with Gasteiger partial charge in [-0.1, -0.05) is 11.6 Å². The molecule has 140 valence electrons. The molecule has 4 rings (SSSR count). The second kappa shape index (κ2) is 7.54. The number of rotatable bonds is 3. The Kier molecular flexibility index (Phi) is 5.12. The van der Waals surface area contributed by atoms with Gasteiger partial charge >= 0.3 is 0 Å². The Morgan fingerprint density at radius 1 is 1.15 bits per heavy atom. The third-order valence-corrected chi connectivity index (χ3v) is 5.97. The number of aryl methyl sites for hydroxylation is 2. The van der Waals surface area contributed by atoms with Crippen molar-refractivity contribution in [2.75, 3.05) is 26.2 Å². The van der Waals surface area contributed by atoms with Crippen LogP contribution in [0.2, 0.25) is 5.02 Å². The van der Waals surface area contributed by atoms with E-state index >= 15 is 0 Å². The third-order valence-electron chi connectivity index (χ3n) is 4.91. The maximum absolute atomic E-state index is 13.0. The van der Waals surface area contributed by atoms with Crippen LogP contribution < -0.4 is 0 Å². The molecule has 1 aliphatic heterocycles. The molecular weight excluding hydrogens is 380 g/mol. The predicted molar refractivity (Wildman–Crippen MR) is 110 cm³/mol. The zero-order valence-corrected chi connectivity index (χ0v) is 17.0. The number of amides is 1. The fourth-order valence-electron chi connectivity index (χ4n) is 3.45. The second-order valence-corrected chi connectivity index (χ2v) is 8.38. The van der Waals surface area contributed by atoms with Gasteiger partial charge in [-0.2, -0.15) is 0 Å². The highest BCUT2D eigenvalue weighted by molar-refractivity contribution is 7.09. The third kappa shape index (κ3) is 3.98. The van der Waals surface area contributed by atoms with E-state index in [0.29, 0.717) is 10.6 Å². The SMILES string of the molecule is Cc1nc(CN2CCN(C(=O)c3cc4cc(Cl)ccc4nc3C)CC2)cs1. The zero-order chi connectivity index (χ0) is 19.0. The first-order valence-electron chi connectivity index (χ1n) is 8.99. The van der Waals surface area contributed by atoms with Gasteiger partial charge in [-0.3, -0.25) is 14.7 Å².